The molecule has 1 aromatic carbocycles. The van der Waals surface area contributed by atoms with E-state index < -0.39 is 0 Å². The highest BCUT2D eigenvalue weighted by Crippen LogP contribution is 2.40. The van der Waals surface area contributed by atoms with Crippen molar-refractivity contribution in [2.24, 2.45) is 0 Å². The van der Waals surface area contributed by atoms with Gasteiger partial charge in [-0.1, -0.05) is 19.1 Å². The standard InChI is InChI=1S/C13H18FNO/c1-2-15-13(8-9-16)7-6-10-11(13)4-3-5-12(10)14/h3-5,15-16H,2,6-9H2,1H3. The third-order valence-electron chi connectivity index (χ3n) is 3.49. The van der Waals surface area contributed by atoms with Gasteiger partial charge in [-0.2, -0.15) is 0 Å². The SMILES string of the molecule is CCNC1(CCO)CCc2c(F)cccc21. The fourth-order valence-electron chi connectivity index (χ4n) is 2.80. The van der Waals surface area contributed by atoms with Gasteiger partial charge in [-0.3, -0.25) is 0 Å². The Bertz CT molecular complexity index is 372. The number of aliphatic hydroxyl groups is 1. The van der Waals surface area contributed by atoms with E-state index in [1.165, 1.54) is 6.07 Å². The van der Waals surface area contributed by atoms with E-state index in [0.717, 1.165) is 30.5 Å². The van der Waals surface area contributed by atoms with Crippen molar-refractivity contribution in [2.45, 2.75) is 31.7 Å². The Morgan fingerprint density at radius 3 is 3.00 bits per heavy atom. The van der Waals surface area contributed by atoms with E-state index >= 15 is 0 Å². The lowest BCUT2D eigenvalue weighted by Gasteiger charge is -2.31. The Balaban J connectivity index is 2.42. The molecule has 0 fully saturated rings. The molecule has 0 saturated carbocycles. The molecular formula is C13H18FNO. The molecule has 0 amide bonds. The molecule has 2 N–H and O–H groups in total. The number of nitrogens with one attached hydrogen (secondary N) is 1. The van der Waals surface area contributed by atoms with Gasteiger partial charge in [-0.25, -0.2) is 4.39 Å². The fraction of sp³-hybridized carbons (Fsp3) is 0.538. The molecule has 0 heterocycles. The molecule has 2 nitrogen and oxygen atoms in total. The number of halogens is 1. The van der Waals surface area contributed by atoms with Crippen molar-refractivity contribution >= 4 is 0 Å². The van der Waals surface area contributed by atoms with E-state index in [9.17, 15) is 9.50 Å². The fourth-order valence-corrected chi connectivity index (χ4v) is 2.80. The molecule has 3 heteroatoms. The molecule has 2 rings (SSSR count). The normalized spacial score (nSPS) is 23.4. The lowest BCUT2D eigenvalue weighted by Crippen LogP contribution is -2.41. The van der Waals surface area contributed by atoms with Gasteiger partial charge < -0.3 is 10.4 Å². The van der Waals surface area contributed by atoms with Gasteiger partial charge in [0, 0.05) is 12.1 Å². The minimum absolute atomic E-state index is 0.116. The van der Waals surface area contributed by atoms with Gasteiger partial charge in [0.1, 0.15) is 5.82 Å². The molecule has 1 aliphatic rings. The van der Waals surface area contributed by atoms with Crippen molar-refractivity contribution in [2.75, 3.05) is 13.2 Å². The summed E-state index contributed by atoms with van der Waals surface area (Å²) in [6, 6.07) is 5.24. The van der Waals surface area contributed by atoms with Crippen molar-refractivity contribution in [3.63, 3.8) is 0 Å². The molecule has 16 heavy (non-hydrogen) atoms. The van der Waals surface area contributed by atoms with Crippen LogP contribution in [0.2, 0.25) is 0 Å². The van der Waals surface area contributed by atoms with Gasteiger partial charge in [0.2, 0.25) is 0 Å². The Hall–Kier alpha value is -0.930. The summed E-state index contributed by atoms with van der Waals surface area (Å²) < 4.78 is 13.6. The number of aliphatic hydroxyl groups excluding tert-OH is 1. The Morgan fingerprint density at radius 2 is 2.31 bits per heavy atom. The van der Waals surface area contributed by atoms with Crippen LogP contribution in [0.1, 0.15) is 30.9 Å². The van der Waals surface area contributed by atoms with Gasteiger partial charge in [0.05, 0.1) is 0 Å². The van der Waals surface area contributed by atoms with Crippen LogP contribution in [0.15, 0.2) is 18.2 Å². The van der Waals surface area contributed by atoms with E-state index in [-0.39, 0.29) is 18.0 Å². The first kappa shape index (κ1) is 11.6. The van der Waals surface area contributed by atoms with Crippen LogP contribution in [0, 0.1) is 5.82 Å². The summed E-state index contributed by atoms with van der Waals surface area (Å²) in [5.74, 6) is -0.116. The molecule has 1 unspecified atom stereocenters. The quantitative estimate of drug-likeness (QED) is 0.817. The number of hydrogen-bond acceptors (Lipinski definition) is 2. The highest BCUT2D eigenvalue weighted by atomic mass is 19.1. The monoisotopic (exact) mass is 223 g/mol. The first-order chi connectivity index (χ1) is 7.73. The Labute approximate surface area is 95.5 Å². The average molecular weight is 223 g/mol. The van der Waals surface area contributed by atoms with Crippen LogP contribution in [-0.4, -0.2) is 18.3 Å². The van der Waals surface area contributed by atoms with Gasteiger partial charge >= 0.3 is 0 Å². The largest absolute Gasteiger partial charge is 0.396 e. The number of fused-ring (bicyclic) bond motifs is 1. The van der Waals surface area contributed by atoms with Crippen LogP contribution in [-0.2, 0) is 12.0 Å². The summed E-state index contributed by atoms with van der Waals surface area (Å²) in [5, 5.41) is 12.6. The predicted molar refractivity (Wildman–Crippen MR) is 61.8 cm³/mol. The van der Waals surface area contributed by atoms with Crippen molar-refractivity contribution in [1.29, 1.82) is 0 Å². The van der Waals surface area contributed by atoms with E-state index in [4.69, 9.17) is 0 Å². The molecule has 0 bridgehead atoms. The molecule has 1 aliphatic carbocycles. The molecule has 0 aromatic heterocycles. The lowest BCUT2D eigenvalue weighted by molar-refractivity contribution is 0.210. The zero-order valence-corrected chi connectivity index (χ0v) is 9.59. The maximum atomic E-state index is 13.6. The van der Waals surface area contributed by atoms with Crippen LogP contribution >= 0.6 is 0 Å². The smallest absolute Gasteiger partial charge is 0.126 e. The summed E-state index contributed by atoms with van der Waals surface area (Å²) in [6.45, 7) is 3.00. The van der Waals surface area contributed by atoms with Crippen molar-refractivity contribution in [1.82, 2.24) is 5.32 Å². The molecule has 88 valence electrons. The van der Waals surface area contributed by atoms with Gasteiger partial charge in [-0.15, -0.1) is 0 Å². The molecule has 1 aromatic rings. The van der Waals surface area contributed by atoms with Crippen molar-refractivity contribution in [3.05, 3.63) is 35.1 Å². The summed E-state index contributed by atoms with van der Waals surface area (Å²) in [7, 11) is 0. The van der Waals surface area contributed by atoms with Crippen molar-refractivity contribution < 1.29 is 9.50 Å². The maximum absolute atomic E-state index is 13.6. The minimum atomic E-state index is -0.221. The zero-order chi connectivity index (χ0) is 11.6. The second-order valence-electron chi connectivity index (χ2n) is 4.35. The second-order valence-corrected chi connectivity index (χ2v) is 4.35. The predicted octanol–water partition coefficient (Wildman–Crippen LogP) is 1.96. The summed E-state index contributed by atoms with van der Waals surface area (Å²) >= 11 is 0. The lowest BCUT2D eigenvalue weighted by atomic mass is 9.88. The first-order valence-corrected chi connectivity index (χ1v) is 5.87. The average Bonchev–Trinajstić information content (AvgIpc) is 2.61. The third-order valence-corrected chi connectivity index (χ3v) is 3.49. The Kier molecular flexibility index (Phi) is 3.26. The zero-order valence-electron chi connectivity index (χ0n) is 9.59. The van der Waals surface area contributed by atoms with Crippen LogP contribution in [0.25, 0.3) is 0 Å². The van der Waals surface area contributed by atoms with Crippen LogP contribution < -0.4 is 5.32 Å². The highest BCUT2D eigenvalue weighted by molar-refractivity contribution is 5.39. The molecule has 0 spiro atoms. The van der Waals surface area contributed by atoms with Crippen LogP contribution in [0.4, 0.5) is 4.39 Å². The summed E-state index contributed by atoms with van der Waals surface area (Å²) in [5.41, 5.74) is 1.63. The van der Waals surface area contributed by atoms with Crippen molar-refractivity contribution in [3.8, 4) is 0 Å². The maximum Gasteiger partial charge on any atom is 0.126 e. The van der Waals surface area contributed by atoms with E-state index in [2.05, 4.69) is 5.32 Å². The highest BCUT2D eigenvalue weighted by Gasteiger charge is 2.38. The number of hydrogen-bond donors (Lipinski definition) is 2. The molecule has 1 atom stereocenters. The van der Waals surface area contributed by atoms with Gasteiger partial charge in [0.25, 0.3) is 0 Å². The number of benzene rings is 1. The molecule has 0 saturated heterocycles. The topological polar surface area (TPSA) is 32.3 Å². The first-order valence-electron chi connectivity index (χ1n) is 5.87. The van der Waals surface area contributed by atoms with Crippen LogP contribution in [0.5, 0.6) is 0 Å². The Morgan fingerprint density at radius 1 is 1.50 bits per heavy atom. The van der Waals surface area contributed by atoms with Crippen LogP contribution in [0.3, 0.4) is 0 Å². The third kappa shape index (κ3) is 1.74. The van der Waals surface area contributed by atoms with E-state index in [0.29, 0.717) is 6.42 Å². The van der Waals surface area contributed by atoms with Gasteiger partial charge in [0.15, 0.2) is 0 Å². The summed E-state index contributed by atoms with van der Waals surface area (Å²) in [4.78, 5) is 0. The number of rotatable bonds is 4. The second kappa shape index (κ2) is 4.52. The molecule has 0 aliphatic heterocycles. The molecule has 0 radical (unpaired) electrons. The van der Waals surface area contributed by atoms with E-state index in [1.54, 1.807) is 6.07 Å². The summed E-state index contributed by atoms with van der Waals surface area (Å²) in [6.07, 6.45) is 2.28. The molecular weight excluding hydrogens is 205 g/mol. The minimum Gasteiger partial charge on any atom is -0.396 e. The van der Waals surface area contributed by atoms with Gasteiger partial charge in [-0.05, 0) is 43.0 Å². The van der Waals surface area contributed by atoms with E-state index in [1.807, 2.05) is 13.0 Å².